The summed E-state index contributed by atoms with van der Waals surface area (Å²) in [4.78, 5) is 24.9. The molecule has 2 N–H and O–H groups in total. The Morgan fingerprint density at radius 1 is 1.25 bits per heavy atom. The normalized spacial score (nSPS) is 16.2. The first-order valence-electron chi connectivity index (χ1n) is 9.05. The molecule has 158 valence electrons. The summed E-state index contributed by atoms with van der Waals surface area (Å²) in [5, 5.41) is 11.5. The number of aliphatic carboxylic acids is 1. The molecule has 1 aliphatic rings. The lowest BCUT2D eigenvalue weighted by Crippen LogP contribution is -2.40. The van der Waals surface area contributed by atoms with Gasteiger partial charge in [-0.1, -0.05) is 12.5 Å². The second-order valence-electron chi connectivity index (χ2n) is 6.78. The first kappa shape index (κ1) is 24.4. The molecule has 1 aromatic rings. The number of halogens is 1. The van der Waals surface area contributed by atoms with E-state index in [4.69, 9.17) is 5.11 Å². The number of carboxylic acids is 1. The van der Waals surface area contributed by atoms with Crippen LogP contribution in [0.3, 0.4) is 0 Å². The van der Waals surface area contributed by atoms with Crippen molar-refractivity contribution in [2.75, 3.05) is 32.0 Å². The van der Waals surface area contributed by atoms with Crippen LogP contribution in [-0.4, -0.2) is 67.3 Å². The number of carbonyl (C=O) groups is 2. The number of sulfonamides is 1. The van der Waals surface area contributed by atoms with Crippen LogP contribution in [0.1, 0.15) is 32.6 Å². The summed E-state index contributed by atoms with van der Waals surface area (Å²) in [5.74, 6) is -1.25. The van der Waals surface area contributed by atoms with Gasteiger partial charge in [0.15, 0.2) is 0 Å². The zero-order valence-corrected chi connectivity index (χ0v) is 17.8. The van der Waals surface area contributed by atoms with Crippen molar-refractivity contribution in [3.63, 3.8) is 0 Å². The van der Waals surface area contributed by atoms with E-state index in [-0.39, 0.29) is 36.2 Å². The lowest BCUT2D eigenvalue weighted by Gasteiger charge is -2.26. The van der Waals surface area contributed by atoms with Gasteiger partial charge in [-0.05, 0) is 45.0 Å². The predicted molar refractivity (Wildman–Crippen MR) is 109 cm³/mol. The molecular weight excluding hydrogens is 406 g/mol. The van der Waals surface area contributed by atoms with Gasteiger partial charge in [0, 0.05) is 25.3 Å². The van der Waals surface area contributed by atoms with Crippen molar-refractivity contribution in [1.82, 2.24) is 9.21 Å². The number of nitrogens with zero attached hydrogens (tertiary/aromatic N) is 2. The number of likely N-dealkylation sites (N-methyl/N-ethyl adjacent to an activating group) is 1. The maximum absolute atomic E-state index is 12.8. The second-order valence-corrected chi connectivity index (χ2v) is 8.72. The van der Waals surface area contributed by atoms with Crippen LogP contribution in [0.15, 0.2) is 29.2 Å². The average molecular weight is 434 g/mol. The number of piperidine rings is 1. The summed E-state index contributed by atoms with van der Waals surface area (Å²) >= 11 is 0. The number of hydrogen-bond donors (Lipinski definition) is 2. The van der Waals surface area contributed by atoms with Gasteiger partial charge in [-0.3, -0.25) is 14.5 Å². The molecule has 0 spiro atoms. The van der Waals surface area contributed by atoms with Crippen LogP contribution in [0.4, 0.5) is 5.69 Å². The van der Waals surface area contributed by atoms with Crippen molar-refractivity contribution in [3.8, 4) is 0 Å². The van der Waals surface area contributed by atoms with Gasteiger partial charge < -0.3 is 10.4 Å². The molecule has 2 rings (SSSR count). The summed E-state index contributed by atoms with van der Waals surface area (Å²) in [5.41, 5.74) is 0.400. The van der Waals surface area contributed by atoms with E-state index in [1.807, 2.05) is 0 Å². The molecule has 28 heavy (non-hydrogen) atoms. The van der Waals surface area contributed by atoms with Gasteiger partial charge in [0.1, 0.15) is 0 Å². The molecule has 0 saturated carbocycles. The van der Waals surface area contributed by atoms with E-state index in [1.165, 1.54) is 16.4 Å². The fourth-order valence-corrected chi connectivity index (χ4v) is 4.46. The molecule has 1 aromatic carbocycles. The SMILES string of the molecule is CC(C(=O)Nc1cccc(S(=O)(=O)N2CCCCC2)c1)N(C)CCC(=O)O.Cl. The van der Waals surface area contributed by atoms with Gasteiger partial charge in [-0.15, -0.1) is 12.4 Å². The van der Waals surface area contributed by atoms with Gasteiger partial charge in [0.2, 0.25) is 15.9 Å². The van der Waals surface area contributed by atoms with Crippen LogP contribution >= 0.6 is 12.4 Å². The van der Waals surface area contributed by atoms with Crippen molar-refractivity contribution in [1.29, 1.82) is 0 Å². The second kappa shape index (κ2) is 10.8. The zero-order valence-electron chi connectivity index (χ0n) is 16.1. The number of benzene rings is 1. The Bertz CT molecular complexity index is 781. The lowest BCUT2D eigenvalue weighted by atomic mass is 10.2. The Morgan fingerprint density at radius 2 is 1.89 bits per heavy atom. The first-order valence-corrected chi connectivity index (χ1v) is 10.5. The van der Waals surface area contributed by atoms with E-state index < -0.39 is 22.0 Å². The molecular formula is C18H28ClN3O5S. The summed E-state index contributed by atoms with van der Waals surface area (Å²) in [7, 11) is -1.90. The molecule has 1 heterocycles. The molecule has 8 nitrogen and oxygen atoms in total. The van der Waals surface area contributed by atoms with Crippen molar-refractivity contribution in [2.24, 2.45) is 0 Å². The van der Waals surface area contributed by atoms with Crippen molar-refractivity contribution < 1.29 is 23.1 Å². The van der Waals surface area contributed by atoms with Gasteiger partial charge in [-0.2, -0.15) is 4.31 Å². The number of carboxylic acid groups (broad SMARTS) is 1. The number of rotatable bonds is 8. The molecule has 1 amide bonds. The fourth-order valence-electron chi connectivity index (χ4n) is 2.90. The highest BCUT2D eigenvalue weighted by molar-refractivity contribution is 7.89. The summed E-state index contributed by atoms with van der Waals surface area (Å²) in [6.45, 7) is 2.95. The van der Waals surface area contributed by atoms with Crippen LogP contribution in [0.5, 0.6) is 0 Å². The van der Waals surface area contributed by atoms with Crippen LogP contribution < -0.4 is 5.32 Å². The molecule has 10 heteroatoms. The van der Waals surface area contributed by atoms with E-state index in [1.54, 1.807) is 31.0 Å². The largest absolute Gasteiger partial charge is 0.481 e. The molecule has 1 aliphatic heterocycles. The number of hydrogen-bond acceptors (Lipinski definition) is 5. The van der Waals surface area contributed by atoms with Gasteiger partial charge >= 0.3 is 5.97 Å². The highest BCUT2D eigenvalue weighted by Gasteiger charge is 2.26. The van der Waals surface area contributed by atoms with Gasteiger partial charge in [0.05, 0.1) is 17.4 Å². The summed E-state index contributed by atoms with van der Waals surface area (Å²) in [6, 6.07) is 5.68. The van der Waals surface area contributed by atoms with Crippen molar-refractivity contribution >= 4 is 40.0 Å². The maximum atomic E-state index is 12.8. The van der Waals surface area contributed by atoms with Gasteiger partial charge in [0.25, 0.3) is 0 Å². The smallest absolute Gasteiger partial charge is 0.304 e. The molecule has 0 aliphatic carbocycles. The van der Waals surface area contributed by atoms with E-state index in [9.17, 15) is 18.0 Å². The molecule has 1 fully saturated rings. The molecule has 0 aromatic heterocycles. The minimum atomic E-state index is -3.57. The van der Waals surface area contributed by atoms with E-state index in [0.29, 0.717) is 18.8 Å². The van der Waals surface area contributed by atoms with E-state index in [0.717, 1.165) is 19.3 Å². The topological polar surface area (TPSA) is 107 Å². The first-order chi connectivity index (χ1) is 12.7. The Labute approximate surface area is 172 Å². The third kappa shape index (κ3) is 6.44. The van der Waals surface area contributed by atoms with Crippen molar-refractivity contribution in [2.45, 2.75) is 43.5 Å². The number of amides is 1. The number of carbonyl (C=O) groups excluding carboxylic acids is 1. The summed E-state index contributed by atoms with van der Waals surface area (Å²) in [6.07, 6.45) is 2.69. The standard InChI is InChI=1S/C18H27N3O5S.ClH/c1-14(20(2)12-9-17(22)23)18(24)19-15-7-6-8-16(13-15)27(25,26)21-10-4-3-5-11-21;/h6-8,13-14H,3-5,9-12H2,1-2H3,(H,19,24)(H,22,23);1H. The Morgan fingerprint density at radius 3 is 2.50 bits per heavy atom. The Hall–Kier alpha value is -1.68. The number of anilines is 1. The van der Waals surface area contributed by atoms with Crippen LogP contribution in [0.25, 0.3) is 0 Å². The average Bonchev–Trinajstić information content (AvgIpc) is 2.66. The highest BCUT2D eigenvalue weighted by Crippen LogP contribution is 2.23. The monoisotopic (exact) mass is 433 g/mol. The summed E-state index contributed by atoms with van der Waals surface area (Å²) < 4.78 is 27.0. The Balaban J connectivity index is 0.00000392. The molecule has 1 atom stereocenters. The Kier molecular flexibility index (Phi) is 9.35. The fraction of sp³-hybridized carbons (Fsp3) is 0.556. The van der Waals surface area contributed by atoms with Crippen molar-refractivity contribution in [3.05, 3.63) is 24.3 Å². The van der Waals surface area contributed by atoms with Crippen LogP contribution in [0.2, 0.25) is 0 Å². The maximum Gasteiger partial charge on any atom is 0.304 e. The van der Waals surface area contributed by atoms with E-state index in [2.05, 4.69) is 5.32 Å². The molecule has 0 bridgehead atoms. The minimum Gasteiger partial charge on any atom is -0.481 e. The lowest BCUT2D eigenvalue weighted by molar-refractivity contribution is -0.137. The zero-order chi connectivity index (χ0) is 20.0. The van der Waals surface area contributed by atoms with E-state index >= 15 is 0 Å². The number of nitrogens with one attached hydrogen (secondary N) is 1. The molecule has 1 unspecified atom stereocenters. The molecule has 1 saturated heterocycles. The quantitative estimate of drug-likeness (QED) is 0.649. The third-order valence-electron chi connectivity index (χ3n) is 4.77. The third-order valence-corrected chi connectivity index (χ3v) is 6.67. The molecule has 0 radical (unpaired) electrons. The van der Waals surface area contributed by atoms with Gasteiger partial charge in [-0.25, -0.2) is 8.42 Å². The predicted octanol–water partition coefficient (Wildman–Crippen LogP) is 2.02. The van der Waals surface area contributed by atoms with Crippen LogP contribution in [-0.2, 0) is 19.6 Å². The minimum absolute atomic E-state index is 0. The van der Waals surface area contributed by atoms with Crippen LogP contribution in [0, 0.1) is 0 Å². The highest BCUT2D eigenvalue weighted by atomic mass is 35.5.